The van der Waals surface area contributed by atoms with E-state index in [0.717, 1.165) is 28.9 Å². The Morgan fingerprint density at radius 1 is 1.21 bits per heavy atom. The van der Waals surface area contributed by atoms with Crippen LogP contribution in [0.5, 0.6) is 0 Å². The normalized spacial score (nSPS) is 11.7. The van der Waals surface area contributed by atoms with E-state index in [4.69, 9.17) is 0 Å². The molecule has 6 nitrogen and oxygen atoms in total. The van der Waals surface area contributed by atoms with Gasteiger partial charge in [-0.05, 0) is 50.1 Å². The van der Waals surface area contributed by atoms with Crippen LogP contribution in [0.1, 0.15) is 18.1 Å². The van der Waals surface area contributed by atoms with Crippen molar-refractivity contribution in [3.63, 3.8) is 0 Å². The highest BCUT2D eigenvalue weighted by Gasteiger charge is 2.18. The predicted octanol–water partition coefficient (Wildman–Crippen LogP) is 3.79. The van der Waals surface area contributed by atoms with Crippen LogP contribution in [-0.4, -0.2) is 16.9 Å². The lowest BCUT2D eigenvalue weighted by molar-refractivity contribution is -0.387. The van der Waals surface area contributed by atoms with Gasteiger partial charge >= 0.3 is 5.69 Å². The van der Waals surface area contributed by atoms with Crippen molar-refractivity contribution in [2.75, 3.05) is 10.6 Å². The van der Waals surface area contributed by atoms with Gasteiger partial charge in [0.05, 0.1) is 4.92 Å². The molecule has 24 heavy (non-hydrogen) atoms. The fourth-order valence-electron chi connectivity index (χ4n) is 2.17. The maximum Gasteiger partial charge on any atom is 0.306 e. The number of hydrogen-bond donors (Lipinski definition) is 2. The molecule has 2 aromatic carbocycles. The first-order valence-electron chi connectivity index (χ1n) is 7.36. The van der Waals surface area contributed by atoms with Gasteiger partial charge in [0.2, 0.25) is 11.7 Å². The summed E-state index contributed by atoms with van der Waals surface area (Å²) < 4.78 is 13.3. The van der Waals surface area contributed by atoms with Gasteiger partial charge in [0, 0.05) is 17.4 Å². The standard InChI is InChI=1S/C17H18FN3O3/c1-10-4-5-11(2)15(8-10)19-12(3)17(22)20-13-6-7-14(18)16(9-13)21(23)24/h4-9,12,19H,1-3H3,(H,20,22)/t12-/m0/s1. The highest BCUT2D eigenvalue weighted by atomic mass is 19.1. The highest BCUT2D eigenvalue weighted by Crippen LogP contribution is 2.22. The molecule has 1 atom stereocenters. The number of nitro groups is 1. The zero-order valence-corrected chi connectivity index (χ0v) is 13.6. The summed E-state index contributed by atoms with van der Waals surface area (Å²) in [5, 5.41) is 16.4. The van der Waals surface area contributed by atoms with Crippen molar-refractivity contribution in [3.05, 3.63) is 63.5 Å². The number of rotatable bonds is 5. The van der Waals surface area contributed by atoms with E-state index in [2.05, 4.69) is 10.6 Å². The SMILES string of the molecule is Cc1ccc(C)c(N[C@@H](C)C(=O)Nc2ccc(F)c([N+](=O)[O-])c2)c1. The van der Waals surface area contributed by atoms with Gasteiger partial charge < -0.3 is 10.6 Å². The van der Waals surface area contributed by atoms with Crippen LogP contribution in [0, 0.1) is 29.8 Å². The number of nitro benzene ring substituents is 1. The van der Waals surface area contributed by atoms with Gasteiger partial charge in [0.15, 0.2) is 0 Å². The average molecular weight is 331 g/mol. The van der Waals surface area contributed by atoms with Crippen molar-refractivity contribution < 1.29 is 14.1 Å². The minimum Gasteiger partial charge on any atom is -0.374 e. The van der Waals surface area contributed by atoms with Crippen molar-refractivity contribution in [3.8, 4) is 0 Å². The first-order valence-corrected chi connectivity index (χ1v) is 7.36. The van der Waals surface area contributed by atoms with Gasteiger partial charge in [-0.3, -0.25) is 14.9 Å². The zero-order chi connectivity index (χ0) is 17.9. The molecule has 0 unspecified atom stereocenters. The third kappa shape index (κ3) is 4.07. The van der Waals surface area contributed by atoms with Gasteiger partial charge in [-0.15, -0.1) is 0 Å². The van der Waals surface area contributed by atoms with Crippen LogP contribution in [0.25, 0.3) is 0 Å². The Balaban J connectivity index is 2.10. The molecule has 0 saturated carbocycles. The molecule has 0 heterocycles. The Morgan fingerprint density at radius 3 is 2.58 bits per heavy atom. The molecule has 0 saturated heterocycles. The van der Waals surface area contributed by atoms with Crippen LogP contribution >= 0.6 is 0 Å². The monoisotopic (exact) mass is 331 g/mol. The number of benzene rings is 2. The lowest BCUT2D eigenvalue weighted by Crippen LogP contribution is -2.32. The molecule has 0 aliphatic carbocycles. The molecule has 126 valence electrons. The second-order valence-electron chi connectivity index (χ2n) is 5.60. The van der Waals surface area contributed by atoms with E-state index in [1.54, 1.807) is 6.92 Å². The van der Waals surface area contributed by atoms with Crippen molar-refractivity contribution in [1.82, 2.24) is 0 Å². The Bertz CT molecular complexity index is 793. The van der Waals surface area contributed by atoms with Gasteiger partial charge in [-0.2, -0.15) is 4.39 Å². The van der Waals surface area contributed by atoms with E-state index >= 15 is 0 Å². The molecule has 0 fully saturated rings. The molecular weight excluding hydrogens is 313 g/mol. The van der Waals surface area contributed by atoms with E-state index in [9.17, 15) is 19.3 Å². The van der Waals surface area contributed by atoms with Crippen LogP contribution in [0.3, 0.4) is 0 Å². The molecule has 2 rings (SSSR count). The Morgan fingerprint density at radius 2 is 1.92 bits per heavy atom. The molecular formula is C17H18FN3O3. The number of amides is 1. The molecule has 0 bridgehead atoms. The molecule has 0 aliphatic heterocycles. The third-order valence-electron chi connectivity index (χ3n) is 3.57. The smallest absolute Gasteiger partial charge is 0.306 e. The third-order valence-corrected chi connectivity index (χ3v) is 3.57. The number of hydrogen-bond acceptors (Lipinski definition) is 4. The molecule has 0 aliphatic rings. The molecule has 0 radical (unpaired) electrons. The largest absolute Gasteiger partial charge is 0.374 e. The second kappa shape index (κ2) is 7.08. The lowest BCUT2D eigenvalue weighted by atomic mass is 10.1. The highest BCUT2D eigenvalue weighted by molar-refractivity contribution is 5.96. The van der Waals surface area contributed by atoms with Crippen molar-refractivity contribution in [2.45, 2.75) is 26.8 Å². The predicted molar refractivity (Wildman–Crippen MR) is 90.7 cm³/mol. The van der Waals surface area contributed by atoms with Crippen molar-refractivity contribution in [1.29, 1.82) is 0 Å². The van der Waals surface area contributed by atoms with E-state index in [1.807, 2.05) is 32.0 Å². The fraction of sp³-hybridized carbons (Fsp3) is 0.235. The van der Waals surface area contributed by atoms with Crippen LogP contribution in [-0.2, 0) is 4.79 Å². The Kier molecular flexibility index (Phi) is 5.13. The Hall–Kier alpha value is -2.96. The first kappa shape index (κ1) is 17.4. The maximum atomic E-state index is 13.3. The molecule has 0 aromatic heterocycles. The van der Waals surface area contributed by atoms with Gasteiger partial charge in [-0.1, -0.05) is 12.1 Å². The van der Waals surface area contributed by atoms with E-state index in [1.165, 1.54) is 6.07 Å². The summed E-state index contributed by atoms with van der Waals surface area (Å²) in [4.78, 5) is 22.2. The van der Waals surface area contributed by atoms with E-state index in [-0.39, 0.29) is 11.6 Å². The topological polar surface area (TPSA) is 84.3 Å². The van der Waals surface area contributed by atoms with Crippen molar-refractivity contribution >= 4 is 23.0 Å². The zero-order valence-electron chi connectivity index (χ0n) is 13.6. The molecule has 7 heteroatoms. The van der Waals surface area contributed by atoms with E-state index in [0.29, 0.717) is 0 Å². The van der Waals surface area contributed by atoms with Crippen LogP contribution in [0.15, 0.2) is 36.4 Å². The number of aryl methyl sites for hydroxylation is 2. The molecule has 0 spiro atoms. The van der Waals surface area contributed by atoms with Gasteiger partial charge in [0.1, 0.15) is 6.04 Å². The summed E-state index contributed by atoms with van der Waals surface area (Å²) in [6.45, 7) is 5.55. The molecule has 2 N–H and O–H groups in total. The number of anilines is 2. The fourth-order valence-corrected chi connectivity index (χ4v) is 2.17. The van der Waals surface area contributed by atoms with Crippen LogP contribution < -0.4 is 10.6 Å². The second-order valence-corrected chi connectivity index (χ2v) is 5.60. The maximum absolute atomic E-state index is 13.3. The van der Waals surface area contributed by atoms with Crippen molar-refractivity contribution in [2.24, 2.45) is 0 Å². The minimum atomic E-state index is -0.945. The Labute approximate surface area is 138 Å². The van der Waals surface area contributed by atoms with Gasteiger partial charge in [0.25, 0.3) is 0 Å². The minimum absolute atomic E-state index is 0.169. The summed E-state index contributed by atoms with van der Waals surface area (Å²) >= 11 is 0. The molecule has 2 aromatic rings. The van der Waals surface area contributed by atoms with Gasteiger partial charge in [-0.25, -0.2) is 0 Å². The summed E-state index contributed by atoms with van der Waals surface area (Å²) in [7, 11) is 0. The number of carbonyl (C=O) groups excluding carboxylic acids is 1. The summed E-state index contributed by atoms with van der Waals surface area (Å²) in [5.41, 5.74) is 2.39. The summed E-state index contributed by atoms with van der Waals surface area (Å²) in [6, 6.07) is 8.52. The number of nitrogens with zero attached hydrogens (tertiary/aromatic N) is 1. The quantitative estimate of drug-likeness (QED) is 0.645. The average Bonchev–Trinajstić information content (AvgIpc) is 2.52. The summed E-state index contributed by atoms with van der Waals surface area (Å²) in [5.74, 6) is -1.32. The first-order chi connectivity index (χ1) is 11.3. The van der Waals surface area contributed by atoms with Crippen LogP contribution in [0.2, 0.25) is 0 Å². The lowest BCUT2D eigenvalue weighted by Gasteiger charge is -2.17. The number of carbonyl (C=O) groups is 1. The van der Waals surface area contributed by atoms with E-state index < -0.39 is 22.5 Å². The number of nitrogens with one attached hydrogen (secondary N) is 2. The molecule has 1 amide bonds. The summed E-state index contributed by atoms with van der Waals surface area (Å²) in [6.07, 6.45) is 0. The van der Waals surface area contributed by atoms with Crippen LogP contribution in [0.4, 0.5) is 21.5 Å². The number of halogens is 1.